The fourth-order valence-corrected chi connectivity index (χ4v) is 2.01. The number of H-pyrrole nitrogens is 1. The van der Waals surface area contributed by atoms with Gasteiger partial charge in [0.25, 0.3) is 5.56 Å². The molecule has 0 unspecified atom stereocenters. The number of hydrogen-bond donors (Lipinski definition) is 3. The molecular weight excluding hydrogens is 256 g/mol. The minimum Gasteiger partial charge on any atom is -0.394 e. The van der Waals surface area contributed by atoms with E-state index in [0.29, 0.717) is 19.8 Å². The smallest absolute Gasteiger partial charge is 0.252 e. The Morgan fingerprint density at radius 1 is 1.25 bits per heavy atom. The summed E-state index contributed by atoms with van der Waals surface area (Å²) >= 11 is 0. The van der Waals surface area contributed by atoms with Crippen LogP contribution in [0.1, 0.15) is 12.0 Å². The van der Waals surface area contributed by atoms with Gasteiger partial charge in [-0.1, -0.05) is 18.2 Å². The van der Waals surface area contributed by atoms with Crippen LogP contribution in [0.2, 0.25) is 0 Å². The largest absolute Gasteiger partial charge is 0.394 e. The highest BCUT2D eigenvalue weighted by Crippen LogP contribution is 2.09. The van der Waals surface area contributed by atoms with E-state index in [9.17, 15) is 4.79 Å². The Bertz CT molecular complexity index is 595. The first-order valence-electron chi connectivity index (χ1n) is 6.81. The van der Waals surface area contributed by atoms with Crippen molar-refractivity contribution in [3.8, 4) is 0 Å². The fraction of sp³-hybridized carbons (Fsp3) is 0.400. The first-order chi connectivity index (χ1) is 9.81. The molecule has 0 bridgehead atoms. The first kappa shape index (κ1) is 14.7. The second-order valence-corrected chi connectivity index (χ2v) is 4.58. The molecule has 108 valence electrons. The van der Waals surface area contributed by atoms with E-state index < -0.39 is 0 Å². The van der Waals surface area contributed by atoms with Crippen molar-refractivity contribution in [1.82, 2.24) is 10.3 Å². The minimum absolute atomic E-state index is 0.0484. The number of aliphatic hydroxyl groups excluding tert-OH is 1. The molecule has 1 aromatic carbocycles. The molecule has 0 saturated carbocycles. The fourth-order valence-electron chi connectivity index (χ4n) is 2.01. The molecule has 1 heterocycles. The van der Waals surface area contributed by atoms with Crippen LogP contribution in [0, 0.1) is 0 Å². The average molecular weight is 276 g/mol. The van der Waals surface area contributed by atoms with Gasteiger partial charge in [0, 0.05) is 24.2 Å². The monoisotopic (exact) mass is 276 g/mol. The van der Waals surface area contributed by atoms with Crippen molar-refractivity contribution in [2.24, 2.45) is 0 Å². The topological polar surface area (TPSA) is 74.4 Å². The van der Waals surface area contributed by atoms with E-state index in [-0.39, 0.29) is 12.2 Å². The van der Waals surface area contributed by atoms with Crippen LogP contribution in [0.4, 0.5) is 0 Å². The molecule has 0 fully saturated rings. The molecule has 0 spiro atoms. The lowest BCUT2D eigenvalue weighted by Gasteiger charge is -2.06. The number of ether oxygens (including phenoxy) is 1. The van der Waals surface area contributed by atoms with Crippen LogP contribution in [0.3, 0.4) is 0 Å². The van der Waals surface area contributed by atoms with Crippen molar-refractivity contribution in [1.29, 1.82) is 0 Å². The molecule has 5 heteroatoms. The van der Waals surface area contributed by atoms with E-state index in [2.05, 4.69) is 10.3 Å². The number of fused-ring (bicyclic) bond motifs is 1. The maximum absolute atomic E-state index is 11.9. The van der Waals surface area contributed by atoms with Gasteiger partial charge in [-0.05, 0) is 30.5 Å². The predicted molar refractivity (Wildman–Crippen MR) is 78.8 cm³/mol. The van der Waals surface area contributed by atoms with E-state index in [4.69, 9.17) is 9.84 Å². The average Bonchev–Trinajstić information content (AvgIpc) is 2.46. The van der Waals surface area contributed by atoms with Crippen LogP contribution in [0.5, 0.6) is 0 Å². The van der Waals surface area contributed by atoms with Crippen LogP contribution < -0.4 is 10.9 Å². The Kier molecular flexibility index (Phi) is 5.73. The molecule has 2 aromatic rings. The Balaban J connectivity index is 1.84. The minimum atomic E-state index is -0.0484. The zero-order valence-electron chi connectivity index (χ0n) is 11.4. The number of pyridine rings is 1. The van der Waals surface area contributed by atoms with Gasteiger partial charge in [-0.2, -0.15) is 0 Å². The van der Waals surface area contributed by atoms with E-state index in [0.717, 1.165) is 29.4 Å². The third-order valence-corrected chi connectivity index (χ3v) is 3.02. The molecule has 20 heavy (non-hydrogen) atoms. The second-order valence-electron chi connectivity index (χ2n) is 4.58. The highest BCUT2D eigenvalue weighted by atomic mass is 16.5. The Morgan fingerprint density at radius 3 is 2.95 bits per heavy atom. The third kappa shape index (κ3) is 4.16. The molecule has 3 N–H and O–H groups in total. The lowest BCUT2D eigenvalue weighted by Crippen LogP contribution is -2.22. The van der Waals surface area contributed by atoms with E-state index in [1.807, 2.05) is 30.3 Å². The van der Waals surface area contributed by atoms with Crippen molar-refractivity contribution in [2.75, 3.05) is 26.4 Å². The summed E-state index contributed by atoms with van der Waals surface area (Å²) < 4.78 is 5.16. The molecule has 0 radical (unpaired) electrons. The molecule has 0 amide bonds. The van der Waals surface area contributed by atoms with Gasteiger partial charge in [-0.15, -0.1) is 0 Å². The van der Waals surface area contributed by atoms with E-state index in [1.165, 1.54) is 0 Å². The van der Waals surface area contributed by atoms with Crippen LogP contribution in [-0.4, -0.2) is 36.5 Å². The highest BCUT2D eigenvalue weighted by molar-refractivity contribution is 5.78. The number of para-hydroxylation sites is 1. The molecule has 2 rings (SSSR count). The number of benzene rings is 1. The summed E-state index contributed by atoms with van der Waals surface area (Å²) in [5, 5.41) is 12.8. The zero-order valence-corrected chi connectivity index (χ0v) is 11.4. The maximum atomic E-state index is 11.9. The number of rotatable bonds is 8. The second kappa shape index (κ2) is 7.79. The predicted octanol–water partition coefficient (Wildman–Crippen LogP) is 1.02. The standard InChI is InChI=1S/C15H20N2O3/c18-7-9-20-8-3-6-16-11-13-10-12-4-1-2-5-14(12)17-15(13)19/h1-2,4-5,10,16,18H,3,6-9,11H2,(H,17,19). The quantitative estimate of drug-likeness (QED) is 0.629. The number of aliphatic hydroxyl groups is 1. The molecule has 1 aromatic heterocycles. The van der Waals surface area contributed by atoms with Gasteiger partial charge in [-0.3, -0.25) is 4.79 Å². The molecule has 0 aliphatic carbocycles. The summed E-state index contributed by atoms with van der Waals surface area (Å²) in [6.07, 6.45) is 0.853. The van der Waals surface area contributed by atoms with Crippen molar-refractivity contribution >= 4 is 10.9 Å². The molecular formula is C15H20N2O3. The van der Waals surface area contributed by atoms with E-state index in [1.54, 1.807) is 0 Å². The van der Waals surface area contributed by atoms with Crippen LogP contribution in [-0.2, 0) is 11.3 Å². The van der Waals surface area contributed by atoms with Gasteiger partial charge < -0.3 is 20.1 Å². The summed E-state index contributed by atoms with van der Waals surface area (Å²) in [6, 6.07) is 9.66. The van der Waals surface area contributed by atoms with Crippen molar-refractivity contribution in [3.05, 3.63) is 46.2 Å². The first-order valence-corrected chi connectivity index (χ1v) is 6.81. The van der Waals surface area contributed by atoms with Crippen LogP contribution >= 0.6 is 0 Å². The third-order valence-electron chi connectivity index (χ3n) is 3.02. The summed E-state index contributed by atoms with van der Waals surface area (Å²) in [5.41, 5.74) is 1.55. The van der Waals surface area contributed by atoms with Crippen molar-refractivity contribution < 1.29 is 9.84 Å². The van der Waals surface area contributed by atoms with Gasteiger partial charge in [0.15, 0.2) is 0 Å². The van der Waals surface area contributed by atoms with Crippen molar-refractivity contribution in [3.63, 3.8) is 0 Å². The summed E-state index contributed by atoms with van der Waals surface area (Å²) in [5.74, 6) is 0. The Hall–Kier alpha value is -1.69. The van der Waals surface area contributed by atoms with Gasteiger partial charge in [0.2, 0.25) is 0 Å². The Labute approximate surface area is 117 Å². The Morgan fingerprint density at radius 2 is 2.10 bits per heavy atom. The summed E-state index contributed by atoms with van der Waals surface area (Å²) in [4.78, 5) is 14.8. The molecule has 0 saturated heterocycles. The number of nitrogens with one attached hydrogen (secondary N) is 2. The molecule has 0 aliphatic heterocycles. The summed E-state index contributed by atoms with van der Waals surface area (Å²) in [7, 11) is 0. The SMILES string of the molecule is O=c1[nH]c2ccccc2cc1CNCCCOCCO. The number of aromatic amines is 1. The lowest BCUT2D eigenvalue weighted by atomic mass is 10.1. The normalized spacial score (nSPS) is 11.1. The molecule has 0 aliphatic rings. The number of hydrogen-bond acceptors (Lipinski definition) is 4. The summed E-state index contributed by atoms with van der Waals surface area (Å²) in [6.45, 7) is 2.36. The maximum Gasteiger partial charge on any atom is 0.252 e. The van der Waals surface area contributed by atoms with Crippen LogP contribution in [0.25, 0.3) is 10.9 Å². The zero-order chi connectivity index (χ0) is 14.2. The van der Waals surface area contributed by atoms with Crippen molar-refractivity contribution in [2.45, 2.75) is 13.0 Å². The van der Waals surface area contributed by atoms with E-state index >= 15 is 0 Å². The van der Waals surface area contributed by atoms with Gasteiger partial charge in [0.05, 0.1) is 13.2 Å². The lowest BCUT2D eigenvalue weighted by molar-refractivity contribution is 0.0907. The van der Waals surface area contributed by atoms with Gasteiger partial charge in [0.1, 0.15) is 0 Å². The molecule has 5 nitrogen and oxygen atoms in total. The highest BCUT2D eigenvalue weighted by Gasteiger charge is 2.01. The van der Waals surface area contributed by atoms with Gasteiger partial charge in [-0.25, -0.2) is 0 Å². The van der Waals surface area contributed by atoms with Crippen LogP contribution in [0.15, 0.2) is 35.1 Å². The number of aromatic nitrogens is 1. The molecule has 0 atom stereocenters. The van der Waals surface area contributed by atoms with Gasteiger partial charge >= 0.3 is 0 Å².